The monoisotopic (exact) mass is 562 g/mol. The number of alkyl halides is 3. The van der Waals surface area contributed by atoms with Gasteiger partial charge >= 0.3 is 6.18 Å². The van der Waals surface area contributed by atoms with Gasteiger partial charge in [-0.1, -0.05) is 0 Å². The van der Waals surface area contributed by atoms with E-state index in [0.717, 1.165) is 38.6 Å². The summed E-state index contributed by atoms with van der Waals surface area (Å²) in [7, 11) is 0. The van der Waals surface area contributed by atoms with Crippen molar-refractivity contribution in [1.82, 2.24) is 14.9 Å². The summed E-state index contributed by atoms with van der Waals surface area (Å²) < 4.78 is 45.0. The zero-order valence-electron chi connectivity index (χ0n) is 17.3. The number of nitrogens with zero attached hydrogens (tertiary/aromatic N) is 4. The minimum absolute atomic E-state index is 0.0476. The number of amides is 1. The van der Waals surface area contributed by atoms with Crippen molar-refractivity contribution >= 4 is 34.3 Å². The number of ether oxygens (including phenoxy) is 1. The quantitative estimate of drug-likeness (QED) is 0.446. The lowest BCUT2D eigenvalue weighted by Crippen LogP contribution is -2.41. The number of β-amino-alcohol motifs (C(OH)–C–C–N with tert-alkyl or cyclic N) is 1. The number of halogens is 4. The third kappa shape index (κ3) is 4.92. The Hall–Kier alpha value is -2.15. The molecule has 2 aliphatic heterocycles. The van der Waals surface area contributed by atoms with Gasteiger partial charge in [0, 0.05) is 25.9 Å². The molecule has 1 saturated heterocycles. The fourth-order valence-corrected chi connectivity index (χ4v) is 4.28. The number of hydrogen-bond donors (Lipinski definition) is 1. The first-order valence-electron chi connectivity index (χ1n) is 10.2. The summed E-state index contributed by atoms with van der Waals surface area (Å²) in [5, 5.41) is 9.34. The van der Waals surface area contributed by atoms with E-state index >= 15 is 0 Å². The Labute approximate surface area is 196 Å². The molecule has 4 rings (SSSR count). The lowest BCUT2D eigenvalue weighted by molar-refractivity contribution is -0.206. The third-order valence-corrected chi connectivity index (χ3v) is 6.28. The number of aryl methyl sites for hydroxylation is 1. The zero-order chi connectivity index (χ0) is 23.0. The first-order chi connectivity index (χ1) is 15.1. The Balaban J connectivity index is 1.41. The number of rotatable bonds is 5. The highest BCUT2D eigenvalue weighted by molar-refractivity contribution is 14.1. The number of aliphatic hydroxyl groups is 1. The van der Waals surface area contributed by atoms with Crippen LogP contribution >= 0.6 is 22.6 Å². The highest BCUT2D eigenvalue weighted by Crippen LogP contribution is 2.31. The maximum atomic E-state index is 12.7. The van der Waals surface area contributed by atoms with Crippen LogP contribution in [-0.4, -0.2) is 63.9 Å². The Kier molecular flexibility index (Phi) is 6.48. The molecule has 1 N–H and O–H groups in total. The van der Waals surface area contributed by atoms with E-state index in [0.29, 0.717) is 24.3 Å². The maximum Gasteiger partial charge on any atom is 0.416 e. The van der Waals surface area contributed by atoms with Crippen molar-refractivity contribution < 1.29 is 27.8 Å². The first kappa shape index (κ1) is 23.0. The van der Waals surface area contributed by atoms with E-state index in [9.17, 15) is 23.1 Å². The first-order valence-corrected chi connectivity index (χ1v) is 11.3. The molecule has 4 heterocycles. The van der Waals surface area contributed by atoms with Crippen molar-refractivity contribution in [3.63, 3.8) is 0 Å². The highest BCUT2D eigenvalue weighted by atomic mass is 127. The Morgan fingerprint density at radius 2 is 2.03 bits per heavy atom. The molecule has 0 radical (unpaired) electrons. The number of aromatic nitrogens is 2. The van der Waals surface area contributed by atoms with Gasteiger partial charge in [0.15, 0.2) is 6.10 Å². The average molecular weight is 562 g/mol. The van der Waals surface area contributed by atoms with Crippen LogP contribution in [-0.2, 0) is 6.54 Å². The van der Waals surface area contributed by atoms with Crippen LogP contribution in [0.15, 0.2) is 24.4 Å². The van der Waals surface area contributed by atoms with Crippen molar-refractivity contribution in [3.8, 4) is 5.75 Å². The minimum atomic E-state index is -4.77. The molecule has 0 saturated carbocycles. The molecule has 2 aromatic heterocycles. The molecule has 172 valence electrons. The molecule has 2 aromatic rings. The number of piperidine rings is 1. The van der Waals surface area contributed by atoms with Gasteiger partial charge in [-0.25, -0.2) is 9.97 Å². The van der Waals surface area contributed by atoms with Crippen LogP contribution in [0.3, 0.4) is 0 Å². The summed E-state index contributed by atoms with van der Waals surface area (Å²) in [5.41, 5.74) is 1.52. The number of anilines is 1. The van der Waals surface area contributed by atoms with Gasteiger partial charge in [0.1, 0.15) is 21.4 Å². The average Bonchev–Trinajstić information content (AvgIpc) is 3.04. The van der Waals surface area contributed by atoms with E-state index in [1.807, 2.05) is 19.1 Å². The maximum absolute atomic E-state index is 12.7. The Bertz CT molecular complexity index is 995. The number of aliphatic hydroxyl groups excluding tert-OH is 1. The second-order valence-electron chi connectivity index (χ2n) is 7.99. The second kappa shape index (κ2) is 9.00. The highest BCUT2D eigenvalue weighted by Gasteiger charge is 2.42. The van der Waals surface area contributed by atoms with E-state index in [-0.39, 0.29) is 12.6 Å². The molecular weight excluding hydrogens is 540 g/mol. The molecule has 0 spiro atoms. The third-order valence-electron chi connectivity index (χ3n) is 5.64. The molecule has 0 unspecified atom stereocenters. The normalized spacial score (nSPS) is 18.1. The van der Waals surface area contributed by atoms with Crippen LogP contribution in [0, 0.1) is 10.6 Å². The second-order valence-corrected chi connectivity index (χ2v) is 9.09. The molecule has 7 nitrogen and oxygen atoms in total. The number of fused-ring (bicyclic) bond motifs is 1. The van der Waals surface area contributed by atoms with Crippen molar-refractivity contribution in [2.75, 3.05) is 24.5 Å². The van der Waals surface area contributed by atoms with Crippen LogP contribution in [0.4, 0.5) is 19.0 Å². The number of pyridine rings is 2. The number of carbonyl (C=O) groups excluding carboxylic acids is 1. The molecule has 0 aromatic carbocycles. The van der Waals surface area contributed by atoms with Crippen molar-refractivity contribution in [2.24, 2.45) is 0 Å². The summed E-state index contributed by atoms with van der Waals surface area (Å²) in [6.45, 7) is 2.40. The van der Waals surface area contributed by atoms with Crippen LogP contribution in [0.5, 0.6) is 5.75 Å². The summed E-state index contributed by atoms with van der Waals surface area (Å²) in [4.78, 5) is 24.5. The van der Waals surface area contributed by atoms with Crippen LogP contribution in [0.1, 0.15) is 34.5 Å². The number of carbonyl (C=O) groups is 1. The van der Waals surface area contributed by atoms with Gasteiger partial charge in [-0.15, -0.1) is 0 Å². The predicted octanol–water partition coefficient (Wildman–Crippen LogP) is 3.32. The molecule has 0 bridgehead atoms. The summed E-state index contributed by atoms with van der Waals surface area (Å²) in [6.07, 6.45) is -4.02. The molecule has 1 atom stereocenters. The standard InChI is InChI=1S/C21H22F3IN4O3/c1-12-8-15-16(10-29(20(15)31)11-17(30)21(22,23)24)27-19(12)28-6-4-13(5-7-28)32-14-2-3-18(25)26-9-14/h2-3,8-9,13,17,30H,4-7,10-11H2,1H3/t17-/m1/s1. The Morgan fingerprint density at radius 1 is 1.31 bits per heavy atom. The zero-order valence-corrected chi connectivity index (χ0v) is 19.4. The molecule has 32 heavy (non-hydrogen) atoms. The van der Waals surface area contributed by atoms with Gasteiger partial charge in [-0.3, -0.25) is 4.79 Å². The van der Waals surface area contributed by atoms with Crippen LogP contribution in [0.2, 0.25) is 0 Å². The van der Waals surface area contributed by atoms with Crippen molar-refractivity contribution in [3.05, 3.63) is 44.9 Å². The molecule has 0 aliphatic carbocycles. The SMILES string of the molecule is Cc1cc2c(nc1N1CCC(Oc3ccc(I)nc3)CC1)CN(C[C@@H](O)C(F)(F)F)C2=O. The lowest BCUT2D eigenvalue weighted by Gasteiger charge is -2.33. The Morgan fingerprint density at radius 3 is 2.66 bits per heavy atom. The lowest BCUT2D eigenvalue weighted by atomic mass is 10.1. The minimum Gasteiger partial charge on any atom is -0.489 e. The van der Waals surface area contributed by atoms with Crippen molar-refractivity contribution in [2.45, 2.75) is 44.7 Å². The van der Waals surface area contributed by atoms with Crippen molar-refractivity contribution in [1.29, 1.82) is 0 Å². The number of hydrogen-bond acceptors (Lipinski definition) is 6. The fraction of sp³-hybridized carbons (Fsp3) is 0.476. The van der Waals surface area contributed by atoms with Gasteiger partial charge < -0.3 is 19.6 Å². The van der Waals surface area contributed by atoms with Gasteiger partial charge in [0.05, 0.1) is 30.5 Å². The summed E-state index contributed by atoms with van der Waals surface area (Å²) in [5.74, 6) is 0.920. The topological polar surface area (TPSA) is 78.8 Å². The van der Waals surface area contributed by atoms with E-state index in [4.69, 9.17) is 4.74 Å². The smallest absolute Gasteiger partial charge is 0.416 e. The van der Waals surface area contributed by atoms with E-state index in [1.165, 1.54) is 0 Å². The van der Waals surface area contributed by atoms with Crippen LogP contribution < -0.4 is 9.64 Å². The van der Waals surface area contributed by atoms with E-state index < -0.39 is 24.7 Å². The van der Waals surface area contributed by atoms with Gasteiger partial charge in [-0.05, 0) is 53.3 Å². The summed E-state index contributed by atoms with van der Waals surface area (Å²) in [6, 6.07) is 5.47. The van der Waals surface area contributed by atoms with Gasteiger partial charge in [0.25, 0.3) is 5.91 Å². The van der Waals surface area contributed by atoms with E-state index in [2.05, 4.69) is 37.5 Å². The molecule has 11 heteroatoms. The molecule has 1 fully saturated rings. The fourth-order valence-electron chi connectivity index (χ4n) is 3.96. The summed E-state index contributed by atoms with van der Waals surface area (Å²) >= 11 is 2.14. The molecule has 1 amide bonds. The van der Waals surface area contributed by atoms with Crippen LogP contribution in [0.25, 0.3) is 0 Å². The van der Waals surface area contributed by atoms with E-state index in [1.54, 1.807) is 12.3 Å². The van der Waals surface area contributed by atoms with Gasteiger partial charge in [0.2, 0.25) is 0 Å². The van der Waals surface area contributed by atoms with Gasteiger partial charge in [-0.2, -0.15) is 13.2 Å². The molecule has 2 aliphatic rings. The largest absolute Gasteiger partial charge is 0.489 e. The predicted molar refractivity (Wildman–Crippen MR) is 119 cm³/mol. The molecular formula is C21H22F3IN4O3.